The standard InChI is InChI=1S/C22H29N3O3S/c1-17-5-4-6-20(15-17)24-11-13-25(14-12-24)22(26)9-10-23-29(27,28)21-8-7-18(2)19(3)16-21/h4-8,15-16,23H,9-14H2,1-3H3. The van der Waals surface area contributed by atoms with Gasteiger partial charge >= 0.3 is 0 Å². The molecule has 0 aromatic heterocycles. The molecule has 2 aromatic rings. The highest BCUT2D eigenvalue weighted by Gasteiger charge is 2.22. The first-order valence-electron chi connectivity index (χ1n) is 9.92. The van der Waals surface area contributed by atoms with Gasteiger partial charge in [-0.1, -0.05) is 18.2 Å². The Bertz CT molecular complexity index is 981. The number of carbonyl (C=O) groups is 1. The molecule has 1 fully saturated rings. The lowest BCUT2D eigenvalue weighted by Crippen LogP contribution is -2.49. The molecular formula is C22H29N3O3S. The largest absolute Gasteiger partial charge is 0.368 e. The van der Waals surface area contributed by atoms with E-state index in [1.807, 2.05) is 24.8 Å². The Kier molecular flexibility index (Phi) is 6.59. The maximum atomic E-state index is 12.5. The molecule has 2 aromatic carbocycles. The highest BCUT2D eigenvalue weighted by Crippen LogP contribution is 2.18. The van der Waals surface area contributed by atoms with E-state index in [0.29, 0.717) is 13.1 Å². The van der Waals surface area contributed by atoms with Crippen LogP contribution in [0.1, 0.15) is 23.1 Å². The van der Waals surface area contributed by atoms with Crippen LogP contribution in [0.2, 0.25) is 0 Å². The molecule has 0 saturated carbocycles. The monoisotopic (exact) mass is 415 g/mol. The summed E-state index contributed by atoms with van der Waals surface area (Å²) in [5.41, 5.74) is 4.37. The lowest BCUT2D eigenvalue weighted by atomic mass is 10.1. The van der Waals surface area contributed by atoms with Crippen molar-refractivity contribution < 1.29 is 13.2 Å². The summed E-state index contributed by atoms with van der Waals surface area (Å²) in [6.07, 6.45) is 0.161. The molecule has 7 heteroatoms. The van der Waals surface area contributed by atoms with Crippen molar-refractivity contribution in [1.29, 1.82) is 0 Å². The number of sulfonamides is 1. The van der Waals surface area contributed by atoms with Crippen LogP contribution in [0.4, 0.5) is 5.69 Å². The van der Waals surface area contributed by atoms with E-state index in [1.165, 1.54) is 11.3 Å². The van der Waals surface area contributed by atoms with Crippen LogP contribution in [0.25, 0.3) is 0 Å². The maximum Gasteiger partial charge on any atom is 0.240 e. The lowest BCUT2D eigenvalue weighted by Gasteiger charge is -2.36. The number of nitrogens with one attached hydrogen (secondary N) is 1. The van der Waals surface area contributed by atoms with Crippen LogP contribution in [0.3, 0.4) is 0 Å². The van der Waals surface area contributed by atoms with E-state index < -0.39 is 10.0 Å². The molecule has 6 nitrogen and oxygen atoms in total. The molecule has 0 spiro atoms. The van der Waals surface area contributed by atoms with Crippen LogP contribution in [0.15, 0.2) is 47.4 Å². The summed E-state index contributed by atoms with van der Waals surface area (Å²) < 4.78 is 27.4. The summed E-state index contributed by atoms with van der Waals surface area (Å²) in [4.78, 5) is 16.8. The first kappa shape index (κ1) is 21.3. The number of carbonyl (C=O) groups excluding carboxylic acids is 1. The number of anilines is 1. The molecule has 0 radical (unpaired) electrons. The quantitative estimate of drug-likeness (QED) is 0.787. The van der Waals surface area contributed by atoms with Crippen LogP contribution in [-0.4, -0.2) is 51.9 Å². The summed E-state index contributed by atoms with van der Waals surface area (Å²) in [6.45, 7) is 8.86. The molecule has 1 heterocycles. The third-order valence-electron chi connectivity index (χ3n) is 5.42. The van der Waals surface area contributed by atoms with Crippen molar-refractivity contribution in [1.82, 2.24) is 9.62 Å². The molecule has 1 aliphatic heterocycles. The van der Waals surface area contributed by atoms with Gasteiger partial charge in [0.2, 0.25) is 15.9 Å². The van der Waals surface area contributed by atoms with E-state index in [9.17, 15) is 13.2 Å². The zero-order chi connectivity index (χ0) is 21.0. The number of aryl methyl sites for hydroxylation is 3. The van der Waals surface area contributed by atoms with Crippen molar-refractivity contribution in [3.63, 3.8) is 0 Å². The van der Waals surface area contributed by atoms with Crippen LogP contribution < -0.4 is 9.62 Å². The van der Waals surface area contributed by atoms with Crippen molar-refractivity contribution in [2.24, 2.45) is 0 Å². The molecule has 1 N–H and O–H groups in total. The van der Waals surface area contributed by atoms with Gasteiger partial charge in [0.05, 0.1) is 4.90 Å². The van der Waals surface area contributed by atoms with Gasteiger partial charge < -0.3 is 9.80 Å². The Hall–Kier alpha value is -2.38. The summed E-state index contributed by atoms with van der Waals surface area (Å²) in [5, 5.41) is 0. The Labute approximate surface area is 173 Å². The molecular weight excluding hydrogens is 386 g/mol. The van der Waals surface area contributed by atoms with Gasteiger partial charge in [0, 0.05) is 44.8 Å². The smallest absolute Gasteiger partial charge is 0.240 e. The number of hydrogen-bond donors (Lipinski definition) is 1. The van der Waals surface area contributed by atoms with Gasteiger partial charge in [-0.15, -0.1) is 0 Å². The molecule has 1 saturated heterocycles. The van der Waals surface area contributed by atoms with E-state index in [1.54, 1.807) is 18.2 Å². The second kappa shape index (κ2) is 8.97. The first-order valence-corrected chi connectivity index (χ1v) is 11.4. The maximum absolute atomic E-state index is 12.5. The third kappa shape index (κ3) is 5.36. The first-order chi connectivity index (χ1) is 13.8. The predicted octanol–water partition coefficient (Wildman–Crippen LogP) is 2.63. The van der Waals surface area contributed by atoms with E-state index in [-0.39, 0.29) is 23.8 Å². The Morgan fingerprint density at radius 3 is 2.34 bits per heavy atom. The zero-order valence-corrected chi connectivity index (χ0v) is 18.1. The highest BCUT2D eigenvalue weighted by molar-refractivity contribution is 7.89. The van der Waals surface area contributed by atoms with Gasteiger partial charge in [-0.3, -0.25) is 4.79 Å². The van der Waals surface area contributed by atoms with Gasteiger partial charge in [-0.05, 0) is 61.7 Å². The van der Waals surface area contributed by atoms with Gasteiger partial charge in [-0.25, -0.2) is 13.1 Å². The van der Waals surface area contributed by atoms with Gasteiger partial charge in [0.15, 0.2) is 0 Å². The van der Waals surface area contributed by atoms with Crippen LogP contribution >= 0.6 is 0 Å². The Morgan fingerprint density at radius 1 is 0.966 bits per heavy atom. The molecule has 156 valence electrons. The second-order valence-electron chi connectivity index (χ2n) is 7.60. The molecule has 0 aliphatic carbocycles. The lowest BCUT2D eigenvalue weighted by molar-refractivity contribution is -0.131. The number of hydrogen-bond acceptors (Lipinski definition) is 4. The van der Waals surface area contributed by atoms with Crippen molar-refractivity contribution >= 4 is 21.6 Å². The fourth-order valence-electron chi connectivity index (χ4n) is 3.45. The number of benzene rings is 2. The summed E-state index contributed by atoms with van der Waals surface area (Å²) in [5.74, 6) is -0.0170. The number of nitrogens with zero attached hydrogens (tertiary/aromatic N) is 2. The fourth-order valence-corrected chi connectivity index (χ4v) is 4.57. The van der Waals surface area contributed by atoms with Crippen molar-refractivity contribution in [3.8, 4) is 0 Å². The molecule has 1 amide bonds. The Balaban J connectivity index is 1.48. The summed E-state index contributed by atoms with van der Waals surface area (Å²) >= 11 is 0. The fraction of sp³-hybridized carbons (Fsp3) is 0.409. The molecule has 0 atom stereocenters. The number of rotatable bonds is 6. The van der Waals surface area contributed by atoms with Crippen LogP contribution in [-0.2, 0) is 14.8 Å². The molecule has 3 rings (SSSR count). The van der Waals surface area contributed by atoms with E-state index in [0.717, 1.165) is 24.2 Å². The van der Waals surface area contributed by atoms with Crippen molar-refractivity contribution in [2.75, 3.05) is 37.6 Å². The van der Waals surface area contributed by atoms with Crippen LogP contribution in [0, 0.1) is 20.8 Å². The van der Waals surface area contributed by atoms with Crippen molar-refractivity contribution in [3.05, 3.63) is 59.2 Å². The van der Waals surface area contributed by atoms with E-state index >= 15 is 0 Å². The van der Waals surface area contributed by atoms with E-state index in [2.05, 4.69) is 34.7 Å². The van der Waals surface area contributed by atoms with Gasteiger partial charge in [0.1, 0.15) is 0 Å². The van der Waals surface area contributed by atoms with Crippen LogP contribution in [0.5, 0.6) is 0 Å². The molecule has 1 aliphatic rings. The normalized spacial score (nSPS) is 14.9. The molecule has 0 bridgehead atoms. The number of amides is 1. The summed E-state index contributed by atoms with van der Waals surface area (Å²) in [7, 11) is -3.60. The molecule has 0 unspecified atom stereocenters. The topological polar surface area (TPSA) is 69.7 Å². The third-order valence-corrected chi connectivity index (χ3v) is 6.88. The Morgan fingerprint density at radius 2 is 1.69 bits per heavy atom. The average molecular weight is 416 g/mol. The number of piperazine rings is 1. The SMILES string of the molecule is Cc1cccc(N2CCN(C(=O)CCNS(=O)(=O)c3ccc(C)c(C)c3)CC2)c1. The minimum atomic E-state index is -3.60. The zero-order valence-electron chi connectivity index (χ0n) is 17.3. The second-order valence-corrected chi connectivity index (χ2v) is 9.37. The minimum Gasteiger partial charge on any atom is -0.368 e. The highest BCUT2D eigenvalue weighted by atomic mass is 32.2. The van der Waals surface area contributed by atoms with Gasteiger partial charge in [0.25, 0.3) is 0 Å². The molecule has 29 heavy (non-hydrogen) atoms. The predicted molar refractivity (Wildman–Crippen MR) is 116 cm³/mol. The van der Waals surface area contributed by atoms with Gasteiger partial charge in [-0.2, -0.15) is 0 Å². The summed E-state index contributed by atoms with van der Waals surface area (Å²) in [6, 6.07) is 13.4. The van der Waals surface area contributed by atoms with E-state index in [4.69, 9.17) is 0 Å². The van der Waals surface area contributed by atoms with Crippen molar-refractivity contribution in [2.45, 2.75) is 32.1 Å². The average Bonchev–Trinajstić information content (AvgIpc) is 2.70. The minimum absolute atomic E-state index is 0.0170.